The van der Waals surface area contributed by atoms with E-state index < -0.39 is 5.67 Å². The van der Waals surface area contributed by atoms with E-state index in [1.54, 1.807) is 29.7 Å². The molecule has 1 unspecified atom stereocenters. The quantitative estimate of drug-likeness (QED) is 0.286. The molecule has 39 heavy (non-hydrogen) atoms. The molecule has 0 saturated heterocycles. The topological polar surface area (TPSA) is 102 Å². The number of alkyl halides is 1. The monoisotopic (exact) mass is 522 g/mol. The zero-order valence-electron chi connectivity index (χ0n) is 21.4. The normalized spacial score (nSPS) is 22.7. The Hall–Kier alpha value is -4.31. The molecule has 2 bridgehead atoms. The van der Waals surface area contributed by atoms with Crippen molar-refractivity contribution in [1.82, 2.24) is 39.6 Å². The second kappa shape index (κ2) is 8.09. The summed E-state index contributed by atoms with van der Waals surface area (Å²) in [6, 6.07) is 8.43. The van der Waals surface area contributed by atoms with E-state index in [4.69, 9.17) is 4.42 Å². The molecule has 3 fully saturated rings. The van der Waals surface area contributed by atoms with E-state index in [2.05, 4.69) is 49.4 Å². The molecule has 3 saturated carbocycles. The van der Waals surface area contributed by atoms with Crippen molar-refractivity contribution < 1.29 is 8.81 Å². The maximum Gasteiger partial charge on any atom is 0.182 e. The van der Waals surface area contributed by atoms with Crippen LogP contribution < -0.4 is 5.32 Å². The smallest absolute Gasteiger partial charge is 0.182 e. The molecule has 3 aliphatic carbocycles. The molecule has 0 aliphatic heterocycles. The fraction of sp³-hybridized carbons (Fsp3) is 0.310. The van der Waals surface area contributed by atoms with Crippen LogP contribution in [0.15, 0.2) is 72.3 Å². The van der Waals surface area contributed by atoms with Crippen LogP contribution in [0, 0.1) is 5.41 Å². The van der Waals surface area contributed by atoms with Gasteiger partial charge in [0.05, 0.1) is 36.6 Å². The Morgan fingerprint density at radius 1 is 1.10 bits per heavy atom. The molecule has 9 rings (SSSR count). The predicted octanol–water partition coefficient (Wildman–Crippen LogP) is 5.17. The summed E-state index contributed by atoms with van der Waals surface area (Å²) in [7, 11) is 0. The first-order valence-electron chi connectivity index (χ1n) is 13.2. The van der Waals surface area contributed by atoms with Gasteiger partial charge in [-0.05, 0) is 55.9 Å². The van der Waals surface area contributed by atoms with Crippen molar-refractivity contribution in [1.29, 1.82) is 0 Å². The van der Waals surface area contributed by atoms with Crippen molar-refractivity contribution in [2.45, 2.75) is 51.0 Å². The summed E-state index contributed by atoms with van der Waals surface area (Å²) in [6.45, 7) is 3.40. The van der Waals surface area contributed by atoms with Gasteiger partial charge in [0.15, 0.2) is 11.4 Å². The van der Waals surface area contributed by atoms with Gasteiger partial charge in [0.1, 0.15) is 12.0 Å². The Bertz CT molecular complexity index is 1800. The number of aromatic amines is 1. The molecular weight excluding hydrogens is 495 g/mol. The molecule has 6 aromatic heterocycles. The Balaban J connectivity index is 0.956. The van der Waals surface area contributed by atoms with E-state index in [1.807, 2.05) is 35.3 Å². The van der Waals surface area contributed by atoms with Crippen LogP contribution in [0.4, 0.5) is 4.39 Å². The van der Waals surface area contributed by atoms with Gasteiger partial charge in [-0.2, -0.15) is 5.10 Å². The van der Waals surface area contributed by atoms with Gasteiger partial charge in [-0.25, -0.2) is 14.1 Å². The van der Waals surface area contributed by atoms with Gasteiger partial charge in [0.25, 0.3) is 0 Å². The lowest BCUT2D eigenvalue weighted by atomic mass is 9.40. The van der Waals surface area contributed by atoms with Crippen LogP contribution in [-0.2, 0) is 13.1 Å². The van der Waals surface area contributed by atoms with Gasteiger partial charge in [-0.3, -0.25) is 9.97 Å². The Morgan fingerprint density at radius 3 is 2.85 bits per heavy atom. The first kappa shape index (κ1) is 22.7. The number of hydrogen-bond acceptors (Lipinski definition) is 6. The lowest BCUT2D eigenvalue weighted by Gasteiger charge is -2.68. The van der Waals surface area contributed by atoms with E-state index in [0.29, 0.717) is 37.7 Å². The fourth-order valence-electron chi connectivity index (χ4n) is 6.35. The number of hydrogen-bond donors (Lipinski definition) is 2. The lowest BCUT2D eigenvalue weighted by molar-refractivity contribution is -0.226. The van der Waals surface area contributed by atoms with Crippen LogP contribution in [0.2, 0.25) is 0 Å². The van der Waals surface area contributed by atoms with Crippen molar-refractivity contribution in [3.63, 3.8) is 0 Å². The van der Waals surface area contributed by atoms with Crippen LogP contribution >= 0.6 is 0 Å². The average Bonchev–Trinajstić information content (AvgIpc) is 3.68. The van der Waals surface area contributed by atoms with E-state index in [0.717, 1.165) is 51.1 Å². The Kier molecular flexibility index (Phi) is 4.70. The van der Waals surface area contributed by atoms with E-state index in [9.17, 15) is 4.39 Å². The summed E-state index contributed by atoms with van der Waals surface area (Å²) in [5, 5.41) is 10.4. The molecule has 6 aromatic rings. The highest BCUT2D eigenvalue weighted by molar-refractivity contribution is 5.80. The van der Waals surface area contributed by atoms with Crippen LogP contribution in [0.1, 0.15) is 37.6 Å². The molecule has 2 N–H and O–H groups in total. The number of H-pyrrole nitrogens is 1. The zero-order valence-corrected chi connectivity index (χ0v) is 21.4. The van der Waals surface area contributed by atoms with Gasteiger partial charge >= 0.3 is 0 Å². The highest BCUT2D eigenvalue weighted by atomic mass is 19.1. The second-order valence-electron chi connectivity index (χ2n) is 11.3. The molecule has 0 radical (unpaired) electrons. The summed E-state index contributed by atoms with van der Waals surface area (Å²) >= 11 is 0. The van der Waals surface area contributed by atoms with Crippen molar-refractivity contribution in [2.24, 2.45) is 5.41 Å². The third-order valence-electron chi connectivity index (χ3n) is 8.54. The minimum absolute atomic E-state index is 0.165. The highest BCUT2D eigenvalue weighted by Crippen LogP contribution is 2.70. The third kappa shape index (κ3) is 3.77. The molecule has 0 spiro atoms. The summed E-state index contributed by atoms with van der Waals surface area (Å²) in [5.41, 5.74) is 4.89. The van der Waals surface area contributed by atoms with Gasteiger partial charge in [0, 0.05) is 58.7 Å². The molecule has 0 aromatic carbocycles. The number of pyridine rings is 2. The maximum absolute atomic E-state index is 13.9. The summed E-state index contributed by atoms with van der Waals surface area (Å²) < 4.78 is 23.1. The van der Waals surface area contributed by atoms with Crippen LogP contribution in [0.5, 0.6) is 0 Å². The minimum Gasteiger partial charge on any atom is -0.463 e. The number of nitrogens with one attached hydrogen (secondary N) is 2. The number of furan rings is 1. The van der Waals surface area contributed by atoms with Crippen LogP contribution in [-0.4, -0.2) is 46.0 Å². The largest absolute Gasteiger partial charge is 0.463 e. The number of halogens is 1. The predicted molar refractivity (Wildman–Crippen MR) is 144 cm³/mol. The SMILES string of the molecule is CC(NCc1cc2cnc(Cn3cnc(-c4cncc(-n5cc6ccoc6c5)c4)n3)cc2[nH]1)C12CC(F)(C1)C2. The lowest BCUT2D eigenvalue weighted by Crippen LogP contribution is -2.70. The second-order valence-corrected chi connectivity index (χ2v) is 11.3. The Labute approximate surface area is 223 Å². The fourth-order valence-corrected chi connectivity index (χ4v) is 6.35. The summed E-state index contributed by atoms with van der Waals surface area (Å²) in [4.78, 5) is 17.1. The number of aromatic nitrogens is 7. The standard InChI is InChI=1S/C29H27FN8O/c1-18(28-14-29(30,15-28)16-28)32-9-22-4-20-8-33-23(6-25(20)35-22)12-38-17-34-27(36-38)21-5-24(10-31-7-21)37-11-19-2-3-39-26(19)13-37/h2-8,10-11,13,17-18,32,35H,9,12,14-16H2,1H3. The molecular formula is C29H27FN8O. The third-order valence-corrected chi connectivity index (χ3v) is 8.54. The van der Waals surface area contributed by atoms with Crippen LogP contribution in [0.3, 0.4) is 0 Å². The van der Waals surface area contributed by atoms with Gasteiger partial charge < -0.3 is 19.3 Å². The van der Waals surface area contributed by atoms with E-state index >= 15 is 0 Å². The summed E-state index contributed by atoms with van der Waals surface area (Å²) in [5.74, 6) is 0.603. The summed E-state index contributed by atoms with van der Waals surface area (Å²) in [6.07, 6.45) is 14.9. The number of nitrogens with zero attached hydrogens (tertiary/aromatic N) is 6. The average molecular weight is 523 g/mol. The highest BCUT2D eigenvalue weighted by Gasteiger charge is 2.70. The van der Waals surface area contributed by atoms with Crippen molar-refractivity contribution in [3.8, 4) is 17.1 Å². The van der Waals surface area contributed by atoms with E-state index in [1.165, 1.54) is 0 Å². The number of fused-ring (bicyclic) bond motifs is 2. The number of rotatable bonds is 8. The molecule has 10 heteroatoms. The minimum atomic E-state index is -0.860. The van der Waals surface area contributed by atoms with Crippen LogP contribution in [0.25, 0.3) is 38.9 Å². The maximum atomic E-state index is 13.9. The van der Waals surface area contributed by atoms with Crippen molar-refractivity contribution in [3.05, 3.63) is 79.2 Å². The van der Waals surface area contributed by atoms with Gasteiger partial charge in [0.2, 0.25) is 0 Å². The zero-order chi connectivity index (χ0) is 26.2. The van der Waals surface area contributed by atoms with Gasteiger partial charge in [-0.15, -0.1) is 0 Å². The molecule has 9 nitrogen and oxygen atoms in total. The van der Waals surface area contributed by atoms with E-state index in [-0.39, 0.29) is 5.41 Å². The van der Waals surface area contributed by atoms with Crippen molar-refractivity contribution >= 4 is 21.9 Å². The first-order valence-corrected chi connectivity index (χ1v) is 13.2. The van der Waals surface area contributed by atoms with Gasteiger partial charge in [-0.1, -0.05) is 0 Å². The molecule has 0 amide bonds. The Morgan fingerprint density at radius 2 is 2.00 bits per heavy atom. The molecule has 1 atom stereocenters. The van der Waals surface area contributed by atoms with Crippen molar-refractivity contribution in [2.75, 3.05) is 0 Å². The first-order chi connectivity index (χ1) is 18.9. The molecule has 6 heterocycles. The molecule has 196 valence electrons. The molecule has 3 aliphatic rings.